The first-order chi connectivity index (χ1) is 8.56. The second-order valence-electron chi connectivity index (χ2n) is 3.77. The van der Waals surface area contributed by atoms with Crippen LogP contribution in [0.25, 0.3) is 0 Å². The van der Waals surface area contributed by atoms with Crippen molar-refractivity contribution in [2.45, 2.75) is 11.8 Å². The van der Waals surface area contributed by atoms with Crippen molar-refractivity contribution in [1.29, 1.82) is 0 Å². The van der Waals surface area contributed by atoms with E-state index in [4.69, 9.17) is 23.2 Å². The molecule has 0 spiro atoms. The predicted molar refractivity (Wildman–Crippen MR) is 80.6 cm³/mol. The molecule has 2 rings (SSSR count). The highest BCUT2D eigenvalue weighted by Gasteiger charge is 2.14. The molecule has 0 unspecified atom stereocenters. The van der Waals surface area contributed by atoms with E-state index in [2.05, 4.69) is 6.07 Å². The topological polar surface area (TPSA) is 17.1 Å². The number of aryl methyl sites for hydroxylation is 1. The summed E-state index contributed by atoms with van der Waals surface area (Å²) in [7, 11) is 0. The molecule has 0 saturated carbocycles. The van der Waals surface area contributed by atoms with E-state index in [0.717, 1.165) is 4.90 Å². The molecule has 0 saturated heterocycles. The molecule has 1 aromatic carbocycles. The monoisotopic (exact) mass is 316 g/mol. The van der Waals surface area contributed by atoms with Crippen LogP contribution in [0.2, 0.25) is 8.67 Å². The highest BCUT2D eigenvalue weighted by molar-refractivity contribution is 8.00. The molecule has 0 N–H and O–H groups in total. The standard InChI is InChI=1S/C13H10Cl2OS2/c1-8-3-2-4-9(5-8)17-7-11(16)10-6-12(14)18-13(10)15/h2-6H,7H2,1H3. The van der Waals surface area contributed by atoms with Crippen LogP contribution in [0.4, 0.5) is 0 Å². The molecule has 0 atom stereocenters. The van der Waals surface area contributed by atoms with Crippen molar-refractivity contribution in [3.63, 3.8) is 0 Å². The van der Waals surface area contributed by atoms with Crippen LogP contribution in [-0.4, -0.2) is 11.5 Å². The Bertz CT molecular complexity index is 578. The van der Waals surface area contributed by atoms with Gasteiger partial charge in [-0.05, 0) is 25.1 Å². The van der Waals surface area contributed by atoms with Gasteiger partial charge < -0.3 is 0 Å². The maximum Gasteiger partial charge on any atom is 0.175 e. The van der Waals surface area contributed by atoms with Gasteiger partial charge in [0.15, 0.2) is 5.78 Å². The average molecular weight is 317 g/mol. The van der Waals surface area contributed by atoms with Crippen molar-refractivity contribution in [2.75, 3.05) is 5.75 Å². The lowest BCUT2D eigenvalue weighted by atomic mass is 10.2. The van der Waals surface area contributed by atoms with Crippen molar-refractivity contribution >= 4 is 52.1 Å². The molecule has 0 radical (unpaired) electrons. The predicted octanol–water partition coefficient (Wildman–Crippen LogP) is 5.34. The molecule has 0 amide bonds. The van der Waals surface area contributed by atoms with Gasteiger partial charge in [0.1, 0.15) is 4.34 Å². The minimum Gasteiger partial charge on any atom is -0.293 e. The number of thiophene rings is 1. The quantitative estimate of drug-likeness (QED) is 0.559. The number of Topliss-reactive ketones (excluding diaryl/α,β-unsaturated/α-hetero) is 1. The number of hydrogen-bond donors (Lipinski definition) is 0. The molecule has 18 heavy (non-hydrogen) atoms. The number of carbonyl (C=O) groups is 1. The zero-order valence-corrected chi connectivity index (χ0v) is 12.7. The van der Waals surface area contributed by atoms with Crippen molar-refractivity contribution in [3.05, 3.63) is 50.1 Å². The van der Waals surface area contributed by atoms with E-state index in [-0.39, 0.29) is 5.78 Å². The highest BCUT2D eigenvalue weighted by Crippen LogP contribution is 2.32. The minimum atomic E-state index is 0.00894. The molecule has 0 bridgehead atoms. The summed E-state index contributed by atoms with van der Waals surface area (Å²) >= 11 is 14.5. The summed E-state index contributed by atoms with van der Waals surface area (Å²) < 4.78 is 1.01. The molecule has 94 valence electrons. The van der Waals surface area contributed by atoms with Gasteiger partial charge in [-0.1, -0.05) is 40.9 Å². The summed E-state index contributed by atoms with van der Waals surface area (Å²) in [6.07, 6.45) is 0. The fourth-order valence-corrected chi connectivity index (χ4v) is 3.86. The second kappa shape index (κ2) is 6.11. The number of rotatable bonds is 4. The van der Waals surface area contributed by atoms with Crippen LogP contribution in [0.15, 0.2) is 35.2 Å². The number of hydrogen-bond acceptors (Lipinski definition) is 3. The number of carbonyl (C=O) groups excluding carboxylic acids is 1. The van der Waals surface area contributed by atoms with Crippen LogP contribution in [0.1, 0.15) is 15.9 Å². The lowest BCUT2D eigenvalue weighted by Gasteiger charge is -2.01. The van der Waals surface area contributed by atoms with Crippen LogP contribution in [0.3, 0.4) is 0 Å². The number of benzene rings is 1. The molecule has 0 aliphatic carbocycles. The first-order valence-corrected chi connectivity index (χ1v) is 7.79. The highest BCUT2D eigenvalue weighted by atomic mass is 35.5. The first-order valence-electron chi connectivity index (χ1n) is 5.24. The van der Waals surface area contributed by atoms with Gasteiger partial charge in [-0.3, -0.25) is 4.79 Å². The Kier molecular flexibility index (Phi) is 4.73. The van der Waals surface area contributed by atoms with Crippen LogP contribution in [0.5, 0.6) is 0 Å². The molecule has 1 nitrogen and oxygen atoms in total. The Labute approximate surface area is 124 Å². The van der Waals surface area contributed by atoms with Crippen molar-refractivity contribution in [3.8, 4) is 0 Å². The Balaban J connectivity index is 2.03. The average Bonchev–Trinajstić information content (AvgIpc) is 2.66. The molecule has 2 aromatic rings. The van der Waals surface area contributed by atoms with Crippen LogP contribution < -0.4 is 0 Å². The molecular weight excluding hydrogens is 307 g/mol. The summed E-state index contributed by atoms with van der Waals surface area (Å²) in [6, 6.07) is 9.69. The normalized spacial score (nSPS) is 10.6. The Morgan fingerprint density at radius 3 is 2.72 bits per heavy atom. The maximum atomic E-state index is 12.0. The lowest BCUT2D eigenvalue weighted by molar-refractivity contribution is 0.102. The van der Waals surface area contributed by atoms with Crippen LogP contribution in [0, 0.1) is 6.92 Å². The third kappa shape index (κ3) is 3.51. The van der Waals surface area contributed by atoms with Gasteiger partial charge in [0.2, 0.25) is 0 Å². The Morgan fingerprint density at radius 1 is 1.33 bits per heavy atom. The van der Waals surface area contributed by atoms with Crippen molar-refractivity contribution in [1.82, 2.24) is 0 Å². The SMILES string of the molecule is Cc1cccc(SCC(=O)c2cc(Cl)sc2Cl)c1. The molecule has 1 heterocycles. The van der Waals surface area contributed by atoms with Crippen LogP contribution in [-0.2, 0) is 0 Å². The van der Waals surface area contributed by atoms with Gasteiger partial charge in [-0.2, -0.15) is 0 Å². The summed E-state index contributed by atoms with van der Waals surface area (Å²) in [6.45, 7) is 2.03. The van der Waals surface area contributed by atoms with Gasteiger partial charge in [0.25, 0.3) is 0 Å². The summed E-state index contributed by atoms with van der Waals surface area (Å²) in [4.78, 5) is 13.1. The zero-order chi connectivity index (χ0) is 13.1. The van der Waals surface area contributed by atoms with Crippen LogP contribution >= 0.6 is 46.3 Å². The zero-order valence-electron chi connectivity index (χ0n) is 9.57. The summed E-state index contributed by atoms with van der Waals surface area (Å²) in [5.41, 5.74) is 1.70. The molecule has 0 aliphatic heterocycles. The third-order valence-electron chi connectivity index (χ3n) is 2.32. The number of thioether (sulfide) groups is 1. The molecule has 1 aromatic heterocycles. The summed E-state index contributed by atoms with van der Waals surface area (Å²) in [5.74, 6) is 0.380. The number of halogens is 2. The van der Waals surface area contributed by atoms with Gasteiger partial charge in [0, 0.05) is 10.5 Å². The smallest absolute Gasteiger partial charge is 0.175 e. The largest absolute Gasteiger partial charge is 0.293 e. The number of ketones is 1. The van der Waals surface area contributed by atoms with E-state index < -0.39 is 0 Å². The third-order valence-corrected chi connectivity index (χ3v) is 4.80. The van der Waals surface area contributed by atoms with E-state index >= 15 is 0 Å². The van der Waals surface area contributed by atoms with E-state index in [0.29, 0.717) is 20.0 Å². The first kappa shape index (κ1) is 13.9. The van der Waals surface area contributed by atoms with Gasteiger partial charge >= 0.3 is 0 Å². The van der Waals surface area contributed by atoms with E-state index in [1.807, 2.05) is 25.1 Å². The Morgan fingerprint density at radius 2 is 2.11 bits per heavy atom. The summed E-state index contributed by atoms with van der Waals surface area (Å²) in [5, 5.41) is 0. The van der Waals surface area contributed by atoms with E-state index in [1.54, 1.807) is 6.07 Å². The molecule has 5 heteroatoms. The second-order valence-corrected chi connectivity index (χ2v) is 7.10. The van der Waals surface area contributed by atoms with Gasteiger partial charge in [-0.25, -0.2) is 0 Å². The van der Waals surface area contributed by atoms with E-state index in [1.165, 1.54) is 28.7 Å². The molecule has 0 aliphatic rings. The fraction of sp³-hybridized carbons (Fsp3) is 0.154. The fourth-order valence-electron chi connectivity index (χ4n) is 1.46. The minimum absolute atomic E-state index is 0.00894. The lowest BCUT2D eigenvalue weighted by Crippen LogP contribution is -2.01. The van der Waals surface area contributed by atoms with E-state index in [9.17, 15) is 4.79 Å². The van der Waals surface area contributed by atoms with Crippen molar-refractivity contribution < 1.29 is 4.79 Å². The van der Waals surface area contributed by atoms with Gasteiger partial charge in [0.05, 0.1) is 10.1 Å². The Hall–Kier alpha value is -0.480. The van der Waals surface area contributed by atoms with Gasteiger partial charge in [-0.15, -0.1) is 23.1 Å². The molecular formula is C13H10Cl2OS2. The van der Waals surface area contributed by atoms with Crippen molar-refractivity contribution in [2.24, 2.45) is 0 Å². The molecule has 0 fully saturated rings. The maximum absolute atomic E-state index is 12.0.